The number of hydrogen-bond donors (Lipinski definition) is 0. The summed E-state index contributed by atoms with van der Waals surface area (Å²) >= 11 is 0. The molecule has 408 valence electrons. The van der Waals surface area contributed by atoms with Gasteiger partial charge in [0.2, 0.25) is 0 Å². The number of rotatable bonds is 8. The van der Waals surface area contributed by atoms with Crippen LogP contribution in [0.25, 0.3) is 188 Å². The van der Waals surface area contributed by atoms with E-state index in [1.54, 1.807) is 0 Å². The zero-order valence-electron chi connectivity index (χ0n) is 47.3. The van der Waals surface area contributed by atoms with Crippen molar-refractivity contribution in [3.05, 3.63) is 291 Å². The molecule has 0 aliphatic carbocycles. The van der Waals surface area contributed by atoms with Crippen molar-refractivity contribution in [3.8, 4) is 89.5 Å². The number of furan rings is 2. The lowest BCUT2D eigenvalue weighted by molar-refractivity contribution is 0.669. The van der Waals surface area contributed by atoms with Crippen LogP contribution >= 0.6 is 0 Å². The Hall–Kier alpha value is -11.9. The topological polar surface area (TPSA) is 77.8 Å². The number of fused-ring (bicyclic) bond motifs is 11. The summed E-state index contributed by atoms with van der Waals surface area (Å²) in [5.41, 5.74) is 22.4. The fraction of sp³-hybridized carbons (Fsp3) is 0. The van der Waals surface area contributed by atoms with Crippen LogP contribution in [0.4, 0.5) is 0 Å². The molecule has 0 unspecified atom stereocenters. The Bertz CT molecular complexity index is 5890. The standard InChI is InChI=1S/C82H48N4O2/c1-3-17-50(18-4-1)80-81(51-19-5-2-6-20-51)86-73-47-53(36-43-70(73)84-80)56-37-39-63(59-22-8-7-21-58(56)59)66-42-38-57(82-78(66)69-26-12-14-30-75(69)88-82)52-34-32-49-33-35-54(46-55(49)45-52)79-67-28-16-44-83-71(67)48-72(85-79)64-41-40-62(60-23-9-10-24-61(60)64)65-27-15-31-76-77(65)68-25-11-13-29-74(68)87-76/h1-48H. The second-order valence-corrected chi connectivity index (χ2v) is 22.7. The molecule has 0 atom stereocenters. The van der Waals surface area contributed by atoms with E-state index < -0.39 is 0 Å². The predicted octanol–water partition coefficient (Wildman–Crippen LogP) is 22.2. The van der Waals surface area contributed by atoms with E-state index in [1.165, 1.54) is 0 Å². The van der Waals surface area contributed by atoms with Gasteiger partial charge in [-0.15, -0.1) is 0 Å². The SMILES string of the molecule is c1ccc(-c2nc3ccc(-c4ccc(-c5ccc(-c6ccc7ccc(-c8nc(-c9ccc(-c%10cccc%11oc%12ccccc%12c%10%11)c%10ccccc9%10)cc9ncccc89)cc7c6)c6oc7ccccc7c56)c5ccccc45)cc3nc2-c2ccccc2)cc1. The highest BCUT2D eigenvalue weighted by Gasteiger charge is 2.23. The molecule has 0 amide bonds. The lowest BCUT2D eigenvalue weighted by Gasteiger charge is -2.15. The molecular weight excluding hydrogens is 1070 g/mol. The van der Waals surface area contributed by atoms with E-state index >= 15 is 0 Å². The molecule has 0 saturated heterocycles. The van der Waals surface area contributed by atoms with E-state index in [2.05, 4.69) is 255 Å². The Kier molecular flexibility index (Phi) is 11.2. The predicted molar refractivity (Wildman–Crippen MR) is 363 cm³/mol. The van der Waals surface area contributed by atoms with Gasteiger partial charge in [-0.2, -0.15) is 0 Å². The minimum Gasteiger partial charge on any atom is -0.456 e. The number of benzene rings is 13. The first-order chi connectivity index (χ1) is 43.6. The minimum atomic E-state index is 0.842. The summed E-state index contributed by atoms with van der Waals surface area (Å²) in [5, 5.41) is 12.1. The molecular formula is C82H48N4O2. The Morgan fingerprint density at radius 3 is 1.48 bits per heavy atom. The molecule has 0 spiro atoms. The summed E-state index contributed by atoms with van der Waals surface area (Å²) < 4.78 is 13.3. The largest absolute Gasteiger partial charge is 0.456 e. The van der Waals surface area contributed by atoms with Crippen LogP contribution in [0.1, 0.15) is 0 Å². The van der Waals surface area contributed by atoms with Gasteiger partial charge in [-0.1, -0.05) is 218 Å². The molecule has 0 bridgehead atoms. The summed E-state index contributed by atoms with van der Waals surface area (Å²) in [6, 6.07) is 101. The van der Waals surface area contributed by atoms with Crippen molar-refractivity contribution in [3.63, 3.8) is 0 Å². The van der Waals surface area contributed by atoms with E-state index in [9.17, 15) is 0 Å². The summed E-state index contributed by atoms with van der Waals surface area (Å²) in [6.07, 6.45) is 1.87. The molecule has 18 aromatic rings. The van der Waals surface area contributed by atoms with E-state index in [0.717, 1.165) is 188 Å². The molecule has 18 rings (SSSR count). The van der Waals surface area contributed by atoms with E-state index in [1.807, 2.05) is 36.5 Å². The van der Waals surface area contributed by atoms with Gasteiger partial charge in [-0.05, 0) is 138 Å². The maximum atomic E-state index is 6.99. The second kappa shape index (κ2) is 19.9. The zero-order chi connectivity index (χ0) is 57.8. The molecule has 0 saturated carbocycles. The van der Waals surface area contributed by atoms with Crippen molar-refractivity contribution < 1.29 is 8.83 Å². The van der Waals surface area contributed by atoms with Gasteiger partial charge in [0.15, 0.2) is 0 Å². The third kappa shape index (κ3) is 7.97. The molecule has 5 heterocycles. The molecule has 0 aliphatic heterocycles. The first-order valence-electron chi connectivity index (χ1n) is 29.7. The van der Waals surface area contributed by atoms with Gasteiger partial charge in [0.1, 0.15) is 22.3 Å². The first-order valence-corrected chi connectivity index (χ1v) is 29.7. The van der Waals surface area contributed by atoms with Gasteiger partial charge in [-0.25, -0.2) is 15.0 Å². The van der Waals surface area contributed by atoms with Crippen LogP contribution in [0.2, 0.25) is 0 Å². The van der Waals surface area contributed by atoms with Crippen LogP contribution in [-0.4, -0.2) is 19.9 Å². The fourth-order valence-electron chi connectivity index (χ4n) is 13.6. The van der Waals surface area contributed by atoms with E-state index in [0.29, 0.717) is 0 Å². The van der Waals surface area contributed by atoms with Gasteiger partial charge in [0.25, 0.3) is 0 Å². The van der Waals surface area contributed by atoms with Crippen molar-refractivity contribution in [1.82, 2.24) is 19.9 Å². The van der Waals surface area contributed by atoms with Gasteiger partial charge >= 0.3 is 0 Å². The third-order valence-electron chi connectivity index (χ3n) is 17.7. The van der Waals surface area contributed by atoms with Gasteiger partial charge < -0.3 is 8.83 Å². The Balaban J connectivity index is 0.738. The van der Waals surface area contributed by atoms with E-state index in [-0.39, 0.29) is 0 Å². The summed E-state index contributed by atoms with van der Waals surface area (Å²) in [4.78, 5) is 21.1. The highest BCUT2D eigenvalue weighted by Crippen LogP contribution is 2.47. The van der Waals surface area contributed by atoms with Crippen LogP contribution in [0.3, 0.4) is 0 Å². The second-order valence-electron chi connectivity index (χ2n) is 22.7. The van der Waals surface area contributed by atoms with Gasteiger partial charge in [0, 0.05) is 60.9 Å². The summed E-state index contributed by atoms with van der Waals surface area (Å²) in [6.45, 7) is 0. The fourth-order valence-corrected chi connectivity index (χ4v) is 13.6. The van der Waals surface area contributed by atoms with Crippen molar-refractivity contribution in [2.75, 3.05) is 0 Å². The van der Waals surface area contributed by atoms with Crippen LogP contribution in [0, 0.1) is 0 Å². The Morgan fingerprint density at radius 1 is 0.239 bits per heavy atom. The quantitative estimate of drug-likeness (QED) is 0.151. The van der Waals surface area contributed by atoms with Crippen molar-refractivity contribution in [2.24, 2.45) is 0 Å². The zero-order valence-corrected chi connectivity index (χ0v) is 47.3. The number of nitrogens with zero attached hydrogens (tertiary/aromatic N) is 4. The third-order valence-corrected chi connectivity index (χ3v) is 17.7. The smallest absolute Gasteiger partial charge is 0.143 e. The molecule has 13 aromatic carbocycles. The molecule has 0 N–H and O–H groups in total. The number of pyridine rings is 2. The van der Waals surface area contributed by atoms with Crippen molar-refractivity contribution in [1.29, 1.82) is 0 Å². The monoisotopic (exact) mass is 1120 g/mol. The lowest BCUT2D eigenvalue weighted by atomic mass is 9.89. The maximum Gasteiger partial charge on any atom is 0.143 e. The van der Waals surface area contributed by atoms with Gasteiger partial charge in [0.05, 0.1) is 39.3 Å². The van der Waals surface area contributed by atoms with Crippen LogP contribution < -0.4 is 0 Å². The van der Waals surface area contributed by atoms with Crippen molar-refractivity contribution in [2.45, 2.75) is 0 Å². The normalized spacial score (nSPS) is 11.9. The maximum absolute atomic E-state index is 6.99. The van der Waals surface area contributed by atoms with Crippen LogP contribution in [0.15, 0.2) is 300 Å². The molecule has 5 aromatic heterocycles. The number of para-hydroxylation sites is 2. The number of hydrogen-bond acceptors (Lipinski definition) is 6. The first kappa shape index (κ1) is 49.6. The molecule has 0 radical (unpaired) electrons. The molecule has 0 aliphatic rings. The Labute approximate surface area is 504 Å². The van der Waals surface area contributed by atoms with Crippen molar-refractivity contribution >= 4 is 98.1 Å². The molecule has 0 fully saturated rings. The van der Waals surface area contributed by atoms with E-state index in [4.69, 9.17) is 28.8 Å². The highest BCUT2D eigenvalue weighted by molar-refractivity contribution is 6.20. The highest BCUT2D eigenvalue weighted by atomic mass is 16.3. The minimum absolute atomic E-state index is 0.842. The van der Waals surface area contributed by atoms with Crippen LogP contribution in [-0.2, 0) is 0 Å². The number of aromatic nitrogens is 4. The Morgan fingerprint density at radius 2 is 0.750 bits per heavy atom. The summed E-state index contributed by atoms with van der Waals surface area (Å²) in [5.74, 6) is 0. The molecule has 88 heavy (non-hydrogen) atoms. The average molecular weight is 1120 g/mol. The average Bonchev–Trinajstić information content (AvgIpc) is 1.60. The molecule has 6 nitrogen and oxygen atoms in total. The lowest BCUT2D eigenvalue weighted by Crippen LogP contribution is -1.96. The summed E-state index contributed by atoms with van der Waals surface area (Å²) in [7, 11) is 0. The van der Waals surface area contributed by atoms with Gasteiger partial charge in [-0.3, -0.25) is 4.98 Å². The van der Waals surface area contributed by atoms with Crippen LogP contribution in [0.5, 0.6) is 0 Å². The molecule has 6 heteroatoms.